The molecule has 0 saturated carbocycles. The average Bonchev–Trinajstić information content (AvgIpc) is 2.53. The Labute approximate surface area is 75.4 Å². The summed E-state index contributed by atoms with van der Waals surface area (Å²) < 4.78 is 4.98. The summed E-state index contributed by atoms with van der Waals surface area (Å²) in [5, 5.41) is 3.59. The summed E-state index contributed by atoms with van der Waals surface area (Å²) in [6.07, 6.45) is 3.20. The molecular weight excluding hydrogens is 166 g/mol. The molecular formula is C9H9N3O. The average molecular weight is 175 g/mol. The Morgan fingerprint density at radius 1 is 1.31 bits per heavy atom. The van der Waals surface area contributed by atoms with Gasteiger partial charge in [-0.05, 0) is 19.1 Å². The maximum absolute atomic E-state index is 5.63. The molecule has 0 radical (unpaired) electrons. The highest BCUT2D eigenvalue weighted by atomic mass is 16.5. The molecule has 0 aliphatic carbocycles. The Morgan fingerprint density at radius 2 is 2.15 bits per heavy atom. The highest BCUT2D eigenvalue weighted by Crippen LogP contribution is 2.24. The summed E-state index contributed by atoms with van der Waals surface area (Å²) in [5.74, 6) is 0.576. The molecule has 2 aromatic rings. The zero-order valence-electron chi connectivity index (χ0n) is 7.19. The third-order valence-electron chi connectivity index (χ3n) is 1.77. The standard InChI is InChI=1S/C9H9N3O/c1-6-2-3-7(4-11-6)9-8(10)5-12-13-9/h2-5H,10H2,1H3. The molecule has 4 heteroatoms. The summed E-state index contributed by atoms with van der Waals surface area (Å²) in [7, 11) is 0. The van der Waals surface area contributed by atoms with Crippen LogP contribution in [0.3, 0.4) is 0 Å². The number of rotatable bonds is 1. The van der Waals surface area contributed by atoms with Gasteiger partial charge < -0.3 is 10.3 Å². The number of pyridine rings is 1. The van der Waals surface area contributed by atoms with E-state index in [9.17, 15) is 0 Å². The van der Waals surface area contributed by atoms with E-state index < -0.39 is 0 Å². The van der Waals surface area contributed by atoms with Crippen LogP contribution in [0.25, 0.3) is 11.3 Å². The van der Waals surface area contributed by atoms with Gasteiger partial charge in [0.05, 0.1) is 6.20 Å². The molecule has 0 unspecified atom stereocenters. The van der Waals surface area contributed by atoms with E-state index >= 15 is 0 Å². The molecule has 4 nitrogen and oxygen atoms in total. The first-order chi connectivity index (χ1) is 6.27. The van der Waals surface area contributed by atoms with Gasteiger partial charge in [0, 0.05) is 17.5 Å². The van der Waals surface area contributed by atoms with Crippen LogP contribution in [0.2, 0.25) is 0 Å². The van der Waals surface area contributed by atoms with Crippen molar-refractivity contribution in [3.8, 4) is 11.3 Å². The predicted octanol–water partition coefficient (Wildman–Crippen LogP) is 1.63. The lowest BCUT2D eigenvalue weighted by molar-refractivity contribution is 0.432. The molecule has 66 valence electrons. The van der Waals surface area contributed by atoms with Crippen molar-refractivity contribution in [3.63, 3.8) is 0 Å². The monoisotopic (exact) mass is 175 g/mol. The number of aromatic nitrogens is 2. The van der Waals surface area contributed by atoms with Gasteiger partial charge in [-0.3, -0.25) is 4.98 Å². The van der Waals surface area contributed by atoms with E-state index in [2.05, 4.69) is 10.1 Å². The van der Waals surface area contributed by atoms with Gasteiger partial charge in [0.15, 0.2) is 5.76 Å². The Morgan fingerprint density at radius 3 is 2.69 bits per heavy atom. The van der Waals surface area contributed by atoms with Gasteiger partial charge in [-0.2, -0.15) is 0 Å². The van der Waals surface area contributed by atoms with Crippen LogP contribution in [0.4, 0.5) is 5.69 Å². The molecule has 13 heavy (non-hydrogen) atoms. The fourth-order valence-corrected chi connectivity index (χ4v) is 1.07. The fraction of sp³-hybridized carbons (Fsp3) is 0.111. The van der Waals surface area contributed by atoms with E-state index in [0.717, 1.165) is 11.3 Å². The SMILES string of the molecule is Cc1ccc(-c2oncc2N)cn1. The number of hydrogen-bond acceptors (Lipinski definition) is 4. The quantitative estimate of drug-likeness (QED) is 0.715. The van der Waals surface area contributed by atoms with Crippen molar-refractivity contribution in [2.45, 2.75) is 6.92 Å². The molecule has 2 heterocycles. The van der Waals surface area contributed by atoms with E-state index in [1.54, 1.807) is 6.20 Å². The largest absolute Gasteiger partial charge is 0.394 e. The smallest absolute Gasteiger partial charge is 0.191 e. The van der Waals surface area contributed by atoms with Crippen LogP contribution in [0.5, 0.6) is 0 Å². The first-order valence-corrected chi connectivity index (χ1v) is 3.90. The molecule has 2 aromatic heterocycles. The first-order valence-electron chi connectivity index (χ1n) is 3.90. The van der Waals surface area contributed by atoms with E-state index in [-0.39, 0.29) is 0 Å². The van der Waals surface area contributed by atoms with Crippen molar-refractivity contribution in [1.82, 2.24) is 10.1 Å². The van der Waals surface area contributed by atoms with Crippen molar-refractivity contribution in [3.05, 3.63) is 30.2 Å². The number of anilines is 1. The maximum atomic E-state index is 5.63. The summed E-state index contributed by atoms with van der Waals surface area (Å²) in [6, 6.07) is 3.80. The van der Waals surface area contributed by atoms with Crippen molar-refractivity contribution in [2.24, 2.45) is 0 Å². The lowest BCUT2D eigenvalue weighted by atomic mass is 10.2. The second-order valence-electron chi connectivity index (χ2n) is 2.80. The van der Waals surface area contributed by atoms with Gasteiger partial charge in [0.2, 0.25) is 0 Å². The Bertz CT molecular complexity index is 405. The molecule has 0 aromatic carbocycles. The van der Waals surface area contributed by atoms with Crippen molar-refractivity contribution >= 4 is 5.69 Å². The third kappa shape index (κ3) is 1.38. The molecule has 2 rings (SSSR count). The summed E-state index contributed by atoms with van der Waals surface area (Å²) in [5.41, 5.74) is 7.97. The van der Waals surface area contributed by atoms with Gasteiger partial charge in [-0.15, -0.1) is 0 Å². The van der Waals surface area contributed by atoms with Crippen LogP contribution in [-0.2, 0) is 0 Å². The Hall–Kier alpha value is -1.84. The van der Waals surface area contributed by atoms with Crippen molar-refractivity contribution in [2.75, 3.05) is 5.73 Å². The van der Waals surface area contributed by atoms with E-state index in [1.807, 2.05) is 19.1 Å². The van der Waals surface area contributed by atoms with Crippen LogP contribution in [0.1, 0.15) is 5.69 Å². The highest BCUT2D eigenvalue weighted by Gasteiger charge is 2.06. The molecule has 2 N–H and O–H groups in total. The minimum absolute atomic E-state index is 0.533. The summed E-state index contributed by atoms with van der Waals surface area (Å²) in [4.78, 5) is 4.13. The van der Waals surface area contributed by atoms with Gasteiger partial charge in [0.25, 0.3) is 0 Å². The van der Waals surface area contributed by atoms with Crippen molar-refractivity contribution in [1.29, 1.82) is 0 Å². The van der Waals surface area contributed by atoms with E-state index in [4.69, 9.17) is 10.3 Å². The minimum Gasteiger partial charge on any atom is -0.394 e. The zero-order chi connectivity index (χ0) is 9.26. The summed E-state index contributed by atoms with van der Waals surface area (Å²) in [6.45, 7) is 1.92. The van der Waals surface area contributed by atoms with Crippen LogP contribution in [0.15, 0.2) is 29.0 Å². The van der Waals surface area contributed by atoms with Crippen LogP contribution in [-0.4, -0.2) is 10.1 Å². The van der Waals surface area contributed by atoms with Gasteiger partial charge in [-0.1, -0.05) is 5.16 Å². The second kappa shape index (κ2) is 2.90. The lowest BCUT2D eigenvalue weighted by Crippen LogP contribution is -1.86. The fourth-order valence-electron chi connectivity index (χ4n) is 1.07. The first kappa shape index (κ1) is 7.79. The zero-order valence-corrected chi connectivity index (χ0v) is 7.19. The van der Waals surface area contributed by atoms with Crippen molar-refractivity contribution < 1.29 is 4.52 Å². The van der Waals surface area contributed by atoms with Gasteiger partial charge in [0.1, 0.15) is 5.69 Å². The highest BCUT2D eigenvalue weighted by molar-refractivity contribution is 5.68. The van der Waals surface area contributed by atoms with Gasteiger partial charge >= 0.3 is 0 Å². The number of nitrogens with two attached hydrogens (primary N) is 1. The third-order valence-corrected chi connectivity index (χ3v) is 1.77. The molecule has 0 saturated heterocycles. The molecule has 0 spiro atoms. The number of aryl methyl sites for hydroxylation is 1. The molecule has 0 amide bonds. The second-order valence-corrected chi connectivity index (χ2v) is 2.80. The lowest BCUT2D eigenvalue weighted by Gasteiger charge is -1.96. The molecule has 0 aliphatic rings. The Kier molecular flexibility index (Phi) is 1.73. The van der Waals surface area contributed by atoms with Crippen LogP contribution >= 0.6 is 0 Å². The molecule has 0 fully saturated rings. The number of hydrogen-bond donors (Lipinski definition) is 1. The van der Waals surface area contributed by atoms with E-state index in [1.165, 1.54) is 6.20 Å². The maximum Gasteiger partial charge on any atom is 0.191 e. The Balaban J connectivity index is 2.47. The molecule has 0 bridgehead atoms. The van der Waals surface area contributed by atoms with Crippen LogP contribution in [0, 0.1) is 6.92 Å². The minimum atomic E-state index is 0.533. The van der Waals surface area contributed by atoms with Crippen LogP contribution < -0.4 is 5.73 Å². The predicted molar refractivity (Wildman–Crippen MR) is 48.9 cm³/mol. The normalized spacial score (nSPS) is 10.2. The number of nitrogen functional groups attached to an aromatic ring is 1. The number of nitrogens with zero attached hydrogens (tertiary/aromatic N) is 2. The topological polar surface area (TPSA) is 64.9 Å². The van der Waals surface area contributed by atoms with Gasteiger partial charge in [-0.25, -0.2) is 0 Å². The summed E-state index contributed by atoms with van der Waals surface area (Å²) >= 11 is 0. The van der Waals surface area contributed by atoms with E-state index in [0.29, 0.717) is 11.4 Å². The molecule has 0 atom stereocenters. The molecule has 0 aliphatic heterocycles.